The standard InChI is InChI=1S/C13H15F3N2O/c1-18(7-5-13(14,15)16)12(19)10-2-3-11-9(8-10)4-6-17-11/h2-3,8,17H,4-7H2,1H3. The van der Waals surface area contributed by atoms with Gasteiger partial charge in [-0.05, 0) is 30.2 Å². The number of amides is 1. The summed E-state index contributed by atoms with van der Waals surface area (Å²) in [5, 5.41) is 3.17. The molecule has 0 bridgehead atoms. The molecule has 6 heteroatoms. The highest BCUT2D eigenvalue weighted by atomic mass is 19.4. The second kappa shape index (κ2) is 5.11. The first-order valence-electron chi connectivity index (χ1n) is 6.06. The first-order chi connectivity index (χ1) is 8.87. The lowest BCUT2D eigenvalue weighted by Gasteiger charge is -2.18. The number of carbonyl (C=O) groups is 1. The largest absolute Gasteiger partial charge is 0.390 e. The quantitative estimate of drug-likeness (QED) is 0.917. The first-order valence-corrected chi connectivity index (χ1v) is 6.06. The van der Waals surface area contributed by atoms with E-state index in [0.717, 1.165) is 29.1 Å². The maximum Gasteiger partial charge on any atom is 0.390 e. The molecule has 0 saturated heterocycles. The minimum Gasteiger partial charge on any atom is -0.384 e. The molecule has 0 aliphatic carbocycles. The van der Waals surface area contributed by atoms with Crippen LogP contribution in [0.1, 0.15) is 22.3 Å². The summed E-state index contributed by atoms with van der Waals surface area (Å²) in [5.74, 6) is -0.376. The van der Waals surface area contributed by atoms with Crippen molar-refractivity contribution in [1.82, 2.24) is 4.90 Å². The molecular formula is C13H15F3N2O. The van der Waals surface area contributed by atoms with E-state index in [9.17, 15) is 18.0 Å². The number of alkyl halides is 3. The van der Waals surface area contributed by atoms with Crippen LogP contribution >= 0.6 is 0 Å². The molecule has 0 fully saturated rings. The normalized spacial score (nSPS) is 13.9. The third-order valence-corrected chi connectivity index (χ3v) is 3.14. The van der Waals surface area contributed by atoms with Gasteiger partial charge >= 0.3 is 6.18 Å². The minimum atomic E-state index is -4.24. The lowest BCUT2D eigenvalue weighted by Crippen LogP contribution is -2.30. The van der Waals surface area contributed by atoms with Crippen LogP contribution < -0.4 is 5.32 Å². The zero-order valence-corrected chi connectivity index (χ0v) is 10.5. The fourth-order valence-electron chi connectivity index (χ4n) is 2.05. The van der Waals surface area contributed by atoms with E-state index in [-0.39, 0.29) is 12.5 Å². The molecule has 0 atom stereocenters. The van der Waals surface area contributed by atoms with Gasteiger partial charge < -0.3 is 10.2 Å². The van der Waals surface area contributed by atoms with Crippen molar-refractivity contribution in [3.8, 4) is 0 Å². The van der Waals surface area contributed by atoms with E-state index in [0.29, 0.717) is 5.56 Å². The van der Waals surface area contributed by atoms with Crippen molar-refractivity contribution in [2.75, 3.05) is 25.5 Å². The molecular weight excluding hydrogens is 257 g/mol. The summed E-state index contributed by atoms with van der Waals surface area (Å²) < 4.78 is 36.3. The number of nitrogens with zero attached hydrogens (tertiary/aromatic N) is 1. The number of nitrogens with one attached hydrogen (secondary N) is 1. The van der Waals surface area contributed by atoms with E-state index in [1.165, 1.54) is 7.05 Å². The molecule has 0 aromatic heterocycles. The highest BCUT2D eigenvalue weighted by molar-refractivity contribution is 5.94. The van der Waals surface area contributed by atoms with Crippen LogP contribution in [0.2, 0.25) is 0 Å². The van der Waals surface area contributed by atoms with Crippen molar-refractivity contribution >= 4 is 11.6 Å². The van der Waals surface area contributed by atoms with Crippen LogP contribution in [0.15, 0.2) is 18.2 Å². The highest BCUT2D eigenvalue weighted by Gasteiger charge is 2.28. The molecule has 3 nitrogen and oxygen atoms in total. The van der Waals surface area contributed by atoms with Gasteiger partial charge in [0.2, 0.25) is 0 Å². The summed E-state index contributed by atoms with van der Waals surface area (Å²) in [5.41, 5.74) is 2.47. The fourth-order valence-corrected chi connectivity index (χ4v) is 2.05. The Kier molecular flexibility index (Phi) is 3.68. The lowest BCUT2D eigenvalue weighted by atomic mass is 10.1. The summed E-state index contributed by atoms with van der Waals surface area (Å²) in [4.78, 5) is 13.1. The Bertz CT molecular complexity index is 485. The third-order valence-electron chi connectivity index (χ3n) is 3.14. The smallest absolute Gasteiger partial charge is 0.384 e. The molecule has 104 valence electrons. The Hall–Kier alpha value is -1.72. The second-order valence-corrected chi connectivity index (χ2v) is 4.64. The van der Waals surface area contributed by atoms with Crippen LogP contribution in [0, 0.1) is 0 Å². The minimum absolute atomic E-state index is 0.322. The molecule has 0 saturated carbocycles. The van der Waals surface area contributed by atoms with Gasteiger partial charge in [-0.3, -0.25) is 4.79 Å². The van der Waals surface area contributed by atoms with Crippen molar-refractivity contribution < 1.29 is 18.0 Å². The van der Waals surface area contributed by atoms with Gasteiger partial charge in [0.05, 0.1) is 6.42 Å². The van der Waals surface area contributed by atoms with Crippen molar-refractivity contribution in [2.24, 2.45) is 0 Å². The van der Waals surface area contributed by atoms with Gasteiger partial charge in [0, 0.05) is 31.4 Å². The topological polar surface area (TPSA) is 32.3 Å². The number of hydrogen-bond donors (Lipinski definition) is 1. The molecule has 0 spiro atoms. The molecule has 1 heterocycles. The van der Waals surface area contributed by atoms with E-state index in [1.54, 1.807) is 18.2 Å². The van der Waals surface area contributed by atoms with Gasteiger partial charge in [0.15, 0.2) is 0 Å². The highest BCUT2D eigenvalue weighted by Crippen LogP contribution is 2.24. The van der Waals surface area contributed by atoms with Crippen LogP contribution in [0.4, 0.5) is 18.9 Å². The Morgan fingerprint density at radius 3 is 2.84 bits per heavy atom. The van der Waals surface area contributed by atoms with Crippen LogP contribution in [0.25, 0.3) is 0 Å². The van der Waals surface area contributed by atoms with Crippen LogP contribution in [-0.2, 0) is 6.42 Å². The number of carbonyl (C=O) groups excluding carboxylic acids is 1. The molecule has 0 unspecified atom stereocenters. The predicted octanol–water partition coefficient (Wildman–Crippen LogP) is 2.68. The maximum atomic E-state index is 12.1. The van der Waals surface area contributed by atoms with E-state index in [1.807, 2.05) is 0 Å². The van der Waals surface area contributed by atoms with Crippen LogP contribution in [0.5, 0.6) is 0 Å². The van der Waals surface area contributed by atoms with Crippen LogP contribution in [0.3, 0.4) is 0 Å². The number of benzene rings is 1. The van der Waals surface area contributed by atoms with E-state index in [2.05, 4.69) is 5.32 Å². The SMILES string of the molecule is CN(CCC(F)(F)F)C(=O)c1ccc2c(c1)CCN2. The Morgan fingerprint density at radius 1 is 1.42 bits per heavy atom. The van der Waals surface area contributed by atoms with E-state index < -0.39 is 12.6 Å². The summed E-state index contributed by atoms with van der Waals surface area (Å²) in [6.45, 7) is 0.508. The lowest BCUT2D eigenvalue weighted by molar-refractivity contribution is -0.136. The second-order valence-electron chi connectivity index (χ2n) is 4.64. The molecule has 1 N–H and O–H groups in total. The number of anilines is 1. The summed E-state index contributed by atoms with van der Waals surface area (Å²) >= 11 is 0. The summed E-state index contributed by atoms with van der Waals surface area (Å²) in [6, 6.07) is 5.19. The zero-order valence-electron chi connectivity index (χ0n) is 10.5. The predicted molar refractivity (Wildman–Crippen MR) is 66.3 cm³/mol. The molecule has 2 rings (SSSR count). The summed E-state index contributed by atoms with van der Waals surface area (Å²) in [6.07, 6.45) is -4.39. The monoisotopic (exact) mass is 272 g/mol. The first kappa shape index (κ1) is 13.7. The summed E-state index contributed by atoms with van der Waals surface area (Å²) in [7, 11) is 1.39. The average molecular weight is 272 g/mol. The van der Waals surface area contributed by atoms with Crippen molar-refractivity contribution in [3.63, 3.8) is 0 Å². The molecule has 0 radical (unpaired) electrons. The number of hydrogen-bond acceptors (Lipinski definition) is 2. The van der Waals surface area contributed by atoms with Crippen molar-refractivity contribution in [3.05, 3.63) is 29.3 Å². The van der Waals surface area contributed by atoms with Gasteiger partial charge in [0.25, 0.3) is 5.91 Å². The van der Waals surface area contributed by atoms with Gasteiger partial charge in [-0.15, -0.1) is 0 Å². The van der Waals surface area contributed by atoms with E-state index >= 15 is 0 Å². The molecule has 1 aliphatic heterocycles. The number of halogens is 3. The molecule has 1 aromatic rings. The maximum absolute atomic E-state index is 12.1. The average Bonchev–Trinajstić information content (AvgIpc) is 2.81. The van der Waals surface area contributed by atoms with Gasteiger partial charge in [-0.25, -0.2) is 0 Å². The molecule has 1 aliphatic rings. The van der Waals surface area contributed by atoms with Crippen molar-refractivity contribution in [2.45, 2.75) is 19.0 Å². The number of fused-ring (bicyclic) bond motifs is 1. The Morgan fingerprint density at radius 2 is 2.16 bits per heavy atom. The zero-order chi connectivity index (χ0) is 14.0. The Balaban J connectivity index is 2.03. The number of rotatable bonds is 3. The van der Waals surface area contributed by atoms with Crippen molar-refractivity contribution in [1.29, 1.82) is 0 Å². The molecule has 1 amide bonds. The molecule has 19 heavy (non-hydrogen) atoms. The fraction of sp³-hybridized carbons (Fsp3) is 0.462. The van der Waals surface area contributed by atoms with E-state index in [4.69, 9.17) is 0 Å². The van der Waals surface area contributed by atoms with Crippen LogP contribution in [-0.4, -0.2) is 37.1 Å². The van der Waals surface area contributed by atoms with Gasteiger partial charge in [0.1, 0.15) is 0 Å². The van der Waals surface area contributed by atoms with Gasteiger partial charge in [-0.2, -0.15) is 13.2 Å². The molecule has 1 aromatic carbocycles. The van der Waals surface area contributed by atoms with Gasteiger partial charge in [-0.1, -0.05) is 0 Å². The Labute approximate surface area is 109 Å². The third kappa shape index (κ3) is 3.39.